The highest BCUT2D eigenvalue weighted by atomic mass is 32.2. The van der Waals surface area contributed by atoms with Crippen LogP contribution in [-0.4, -0.2) is 46.3 Å². The fourth-order valence-electron chi connectivity index (χ4n) is 5.20. The van der Waals surface area contributed by atoms with Gasteiger partial charge in [0.25, 0.3) is 15.9 Å². The van der Waals surface area contributed by atoms with E-state index in [4.69, 9.17) is 0 Å². The maximum absolute atomic E-state index is 13.4. The van der Waals surface area contributed by atoms with Crippen molar-refractivity contribution in [2.75, 3.05) is 23.3 Å². The highest BCUT2D eigenvalue weighted by Gasteiger charge is 2.26. The molecule has 2 aromatic carbocycles. The number of benzene rings is 2. The minimum Gasteiger partial charge on any atom is -0.355 e. The van der Waals surface area contributed by atoms with Crippen molar-refractivity contribution in [1.82, 2.24) is 18.9 Å². The van der Waals surface area contributed by atoms with Gasteiger partial charge in [0.2, 0.25) is 0 Å². The number of carbonyl (C=O) groups is 1. The summed E-state index contributed by atoms with van der Waals surface area (Å²) in [6.07, 6.45) is 8.11. The number of amides is 1. The number of aromatic nitrogens is 4. The molecule has 3 aromatic heterocycles. The van der Waals surface area contributed by atoms with Crippen LogP contribution in [0.2, 0.25) is 0 Å². The van der Waals surface area contributed by atoms with Gasteiger partial charge in [-0.1, -0.05) is 29.8 Å². The van der Waals surface area contributed by atoms with Crippen LogP contribution in [0.25, 0.3) is 11.0 Å². The van der Waals surface area contributed by atoms with Gasteiger partial charge in [0.1, 0.15) is 12.1 Å². The summed E-state index contributed by atoms with van der Waals surface area (Å²) in [5.74, 6) is 0.753. The number of nitrogens with one attached hydrogen (secondary N) is 1. The zero-order valence-corrected chi connectivity index (χ0v) is 22.8. The summed E-state index contributed by atoms with van der Waals surface area (Å²) < 4.78 is 28.0. The monoisotopic (exact) mass is 552 g/mol. The lowest BCUT2D eigenvalue weighted by Crippen LogP contribution is -2.35. The quantitative estimate of drug-likeness (QED) is 0.315. The highest BCUT2D eigenvalue weighted by Crippen LogP contribution is 2.34. The zero-order valence-electron chi connectivity index (χ0n) is 21.9. The molecule has 1 N–H and O–H groups in total. The molecule has 10 heteroatoms. The zero-order chi connectivity index (χ0) is 27.7. The van der Waals surface area contributed by atoms with Crippen molar-refractivity contribution in [2.24, 2.45) is 0 Å². The van der Waals surface area contributed by atoms with E-state index in [1.807, 2.05) is 25.1 Å². The van der Waals surface area contributed by atoms with E-state index in [9.17, 15) is 13.2 Å². The van der Waals surface area contributed by atoms with Gasteiger partial charge in [0, 0.05) is 48.8 Å². The summed E-state index contributed by atoms with van der Waals surface area (Å²) in [7, 11) is -3.81. The molecule has 1 aliphatic rings. The average molecular weight is 553 g/mol. The van der Waals surface area contributed by atoms with Gasteiger partial charge in [-0.2, -0.15) is 0 Å². The Morgan fingerprint density at radius 2 is 1.80 bits per heavy atom. The third-order valence-corrected chi connectivity index (χ3v) is 8.96. The molecule has 202 valence electrons. The van der Waals surface area contributed by atoms with Crippen molar-refractivity contribution in [2.45, 2.75) is 30.6 Å². The van der Waals surface area contributed by atoms with E-state index in [1.165, 1.54) is 10.3 Å². The third kappa shape index (κ3) is 4.93. The molecule has 1 aliphatic heterocycles. The number of hydrogen-bond acceptors (Lipinski definition) is 7. The van der Waals surface area contributed by atoms with E-state index in [1.54, 1.807) is 61.1 Å². The van der Waals surface area contributed by atoms with E-state index in [2.05, 4.69) is 31.2 Å². The van der Waals surface area contributed by atoms with Crippen molar-refractivity contribution in [3.05, 3.63) is 108 Å². The molecular weight excluding hydrogens is 524 g/mol. The van der Waals surface area contributed by atoms with Gasteiger partial charge in [-0.15, -0.1) is 0 Å². The number of hydrogen-bond donors (Lipinski definition) is 1. The Morgan fingerprint density at radius 1 is 1.00 bits per heavy atom. The van der Waals surface area contributed by atoms with Gasteiger partial charge in [0.15, 0.2) is 5.65 Å². The van der Waals surface area contributed by atoms with Crippen LogP contribution in [0.15, 0.2) is 96.5 Å². The molecule has 0 spiro atoms. The van der Waals surface area contributed by atoms with E-state index in [0.29, 0.717) is 23.1 Å². The standard InChI is InChI=1S/C30H28N6O3S/c1-21-7-9-26(10-8-21)40(38,39)36-17-13-27-28(32-20-33-29(27)36)35-16-3-5-24(19-35)23-4-2-6-25(18-23)34-30(37)22-11-14-31-15-12-22/h2,4,6-15,17-18,20,24H,3,5,16,19H2,1H3,(H,34,37). The van der Waals surface area contributed by atoms with Crippen LogP contribution in [0.3, 0.4) is 0 Å². The summed E-state index contributed by atoms with van der Waals surface area (Å²) in [5.41, 5.74) is 3.76. The van der Waals surface area contributed by atoms with Crippen molar-refractivity contribution < 1.29 is 13.2 Å². The molecule has 5 aromatic rings. The van der Waals surface area contributed by atoms with Crippen LogP contribution >= 0.6 is 0 Å². The van der Waals surface area contributed by atoms with E-state index < -0.39 is 10.0 Å². The lowest BCUT2D eigenvalue weighted by molar-refractivity contribution is 0.102. The molecule has 1 unspecified atom stereocenters. The number of aryl methyl sites for hydroxylation is 1. The number of rotatable bonds is 6. The largest absolute Gasteiger partial charge is 0.355 e. The van der Waals surface area contributed by atoms with Crippen molar-refractivity contribution in [1.29, 1.82) is 0 Å². The predicted octanol–water partition coefficient (Wildman–Crippen LogP) is 5.01. The summed E-state index contributed by atoms with van der Waals surface area (Å²) in [6, 6.07) is 19.9. The summed E-state index contributed by atoms with van der Waals surface area (Å²) in [4.78, 5) is 27.9. The van der Waals surface area contributed by atoms with Gasteiger partial charge < -0.3 is 10.2 Å². The van der Waals surface area contributed by atoms with Gasteiger partial charge in [-0.05, 0) is 67.8 Å². The minimum absolute atomic E-state index is 0.182. The second-order valence-corrected chi connectivity index (χ2v) is 11.8. The van der Waals surface area contributed by atoms with E-state index in [-0.39, 0.29) is 16.7 Å². The van der Waals surface area contributed by atoms with Gasteiger partial charge in [0.05, 0.1) is 10.3 Å². The summed E-state index contributed by atoms with van der Waals surface area (Å²) >= 11 is 0. The van der Waals surface area contributed by atoms with Crippen LogP contribution in [-0.2, 0) is 10.0 Å². The number of piperidine rings is 1. The third-order valence-electron chi connectivity index (χ3n) is 7.28. The molecule has 1 saturated heterocycles. The molecule has 40 heavy (non-hydrogen) atoms. The Balaban J connectivity index is 1.25. The minimum atomic E-state index is -3.81. The van der Waals surface area contributed by atoms with E-state index in [0.717, 1.165) is 42.0 Å². The number of nitrogens with zero attached hydrogens (tertiary/aromatic N) is 5. The number of anilines is 2. The lowest BCUT2D eigenvalue weighted by atomic mass is 9.90. The summed E-state index contributed by atoms with van der Waals surface area (Å²) in [5, 5.41) is 3.67. The molecule has 0 saturated carbocycles. The van der Waals surface area contributed by atoms with Crippen LogP contribution in [0.4, 0.5) is 11.5 Å². The van der Waals surface area contributed by atoms with Crippen molar-refractivity contribution in [3.63, 3.8) is 0 Å². The fraction of sp³-hybridized carbons (Fsp3) is 0.200. The molecule has 0 radical (unpaired) electrons. The fourth-order valence-corrected chi connectivity index (χ4v) is 6.50. The first-order chi connectivity index (χ1) is 19.4. The Hall–Kier alpha value is -4.57. The number of carbonyl (C=O) groups excluding carboxylic acids is 1. The van der Waals surface area contributed by atoms with Crippen molar-refractivity contribution in [3.8, 4) is 0 Å². The first-order valence-electron chi connectivity index (χ1n) is 13.1. The average Bonchev–Trinajstić information content (AvgIpc) is 3.44. The van der Waals surface area contributed by atoms with Gasteiger partial charge >= 0.3 is 0 Å². The number of pyridine rings is 1. The van der Waals surface area contributed by atoms with Crippen LogP contribution < -0.4 is 10.2 Å². The first kappa shape index (κ1) is 25.7. The molecular formula is C30H28N6O3S. The van der Waals surface area contributed by atoms with Gasteiger partial charge in [-0.3, -0.25) is 9.78 Å². The molecule has 0 aliphatic carbocycles. The second kappa shape index (κ2) is 10.5. The predicted molar refractivity (Wildman–Crippen MR) is 154 cm³/mol. The van der Waals surface area contributed by atoms with E-state index >= 15 is 0 Å². The Labute approximate surface area is 232 Å². The highest BCUT2D eigenvalue weighted by molar-refractivity contribution is 7.90. The Kier molecular flexibility index (Phi) is 6.77. The normalized spacial score (nSPS) is 15.7. The maximum Gasteiger partial charge on any atom is 0.269 e. The van der Waals surface area contributed by atoms with Crippen LogP contribution in [0, 0.1) is 6.92 Å². The molecule has 0 bridgehead atoms. The SMILES string of the molecule is Cc1ccc(S(=O)(=O)n2ccc3c(N4CCCC(c5cccc(NC(=O)c6ccncc6)c5)C4)ncnc32)cc1. The topological polar surface area (TPSA) is 110 Å². The van der Waals surface area contributed by atoms with Crippen molar-refractivity contribution >= 4 is 38.5 Å². The molecule has 1 fully saturated rings. The second-order valence-electron chi connectivity index (χ2n) is 9.96. The number of fused-ring (bicyclic) bond motifs is 1. The lowest BCUT2D eigenvalue weighted by Gasteiger charge is -2.34. The Bertz CT molecular complexity index is 1790. The molecule has 4 heterocycles. The maximum atomic E-state index is 13.4. The van der Waals surface area contributed by atoms with Gasteiger partial charge in [-0.25, -0.2) is 22.4 Å². The molecule has 6 rings (SSSR count). The first-order valence-corrected chi connectivity index (χ1v) is 14.5. The molecule has 1 atom stereocenters. The molecule has 9 nitrogen and oxygen atoms in total. The molecule has 1 amide bonds. The smallest absolute Gasteiger partial charge is 0.269 e. The van der Waals surface area contributed by atoms with Crippen LogP contribution in [0.5, 0.6) is 0 Å². The van der Waals surface area contributed by atoms with Crippen LogP contribution in [0.1, 0.15) is 40.2 Å². The Morgan fingerprint density at radius 3 is 2.60 bits per heavy atom. The summed E-state index contributed by atoms with van der Waals surface area (Å²) in [6.45, 7) is 3.43.